The molecule has 5 heteroatoms. The normalized spacial score (nSPS) is 39.1. The lowest BCUT2D eigenvalue weighted by molar-refractivity contribution is 0.0924. The molecule has 2 fully saturated rings. The highest BCUT2D eigenvalue weighted by atomic mass is 32.2. The molecule has 2 aliphatic rings. The molecule has 0 aliphatic carbocycles. The molecule has 2 saturated heterocycles. The molecule has 0 aromatic heterocycles. The van der Waals surface area contributed by atoms with Crippen LogP contribution in [0.3, 0.4) is 0 Å². The van der Waals surface area contributed by atoms with Gasteiger partial charge >= 0.3 is 0 Å². The smallest absolute Gasteiger partial charge is 0.151 e. The molecule has 0 aromatic rings. The summed E-state index contributed by atoms with van der Waals surface area (Å²) < 4.78 is 23.4. The number of sulfone groups is 1. The van der Waals surface area contributed by atoms with Crippen LogP contribution in [0.25, 0.3) is 0 Å². The van der Waals surface area contributed by atoms with E-state index in [1.54, 1.807) is 0 Å². The van der Waals surface area contributed by atoms with Crippen LogP contribution in [-0.4, -0.2) is 56.5 Å². The fourth-order valence-electron chi connectivity index (χ4n) is 3.26. The Labute approximate surface area is 105 Å². The van der Waals surface area contributed by atoms with E-state index >= 15 is 0 Å². The Morgan fingerprint density at radius 3 is 2.65 bits per heavy atom. The first-order chi connectivity index (χ1) is 8.02. The molecule has 0 bridgehead atoms. The third-order valence-corrected chi connectivity index (χ3v) is 6.05. The van der Waals surface area contributed by atoms with Gasteiger partial charge in [-0.15, -0.1) is 0 Å². The molecule has 3 atom stereocenters. The SMILES string of the molecule is CNC1CCN(C2CCCS(=O)(=O)C2)C(C)C1. The fraction of sp³-hybridized carbons (Fsp3) is 1.00. The zero-order valence-electron chi connectivity index (χ0n) is 10.9. The van der Waals surface area contributed by atoms with Gasteiger partial charge in [-0.2, -0.15) is 0 Å². The molecule has 0 aromatic carbocycles. The van der Waals surface area contributed by atoms with E-state index in [-0.39, 0.29) is 6.04 Å². The standard InChI is InChI=1S/C12H24N2O2S/c1-10-8-11(13-2)5-6-14(10)12-4-3-7-17(15,16)9-12/h10-13H,3-9H2,1-2H3. The van der Waals surface area contributed by atoms with Gasteiger partial charge in [-0.05, 0) is 39.7 Å². The van der Waals surface area contributed by atoms with Crippen LogP contribution >= 0.6 is 0 Å². The molecule has 2 rings (SSSR count). The summed E-state index contributed by atoms with van der Waals surface area (Å²) in [6.45, 7) is 3.26. The average Bonchev–Trinajstić information content (AvgIpc) is 2.27. The first kappa shape index (κ1) is 13.3. The zero-order valence-corrected chi connectivity index (χ0v) is 11.7. The average molecular weight is 260 g/mol. The van der Waals surface area contributed by atoms with Crippen molar-refractivity contribution in [1.82, 2.24) is 10.2 Å². The minimum Gasteiger partial charge on any atom is -0.317 e. The molecule has 0 saturated carbocycles. The van der Waals surface area contributed by atoms with E-state index in [0.717, 1.165) is 32.2 Å². The summed E-state index contributed by atoms with van der Waals surface area (Å²) in [4.78, 5) is 2.42. The van der Waals surface area contributed by atoms with Gasteiger partial charge in [-0.3, -0.25) is 4.90 Å². The van der Waals surface area contributed by atoms with Crippen molar-refractivity contribution in [3.8, 4) is 0 Å². The lowest BCUT2D eigenvalue weighted by Crippen LogP contribution is -2.53. The third-order valence-electron chi connectivity index (χ3n) is 4.24. The maximum absolute atomic E-state index is 11.7. The monoisotopic (exact) mass is 260 g/mol. The van der Waals surface area contributed by atoms with Crippen molar-refractivity contribution < 1.29 is 8.42 Å². The van der Waals surface area contributed by atoms with Crippen LogP contribution in [0.1, 0.15) is 32.6 Å². The summed E-state index contributed by atoms with van der Waals surface area (Å²) in [7, 11) is -0.769. The van der Waals surface area contributed by atoms with E-state index < -0.39 is 9.84 Å². The summed E-state index contributed by atoms with van der Waals surface area (Å²) in [6.07, 6.45) is 4.16. The van der Waals surface area contributed by atoms with Crippen molar-refractivity contribution >= 4 is 9.84 Å². The molecule has 0 radical (unpaired) electrons. The topological polar surface area (TPSA) is 49.4 Å². The van der Waals surface area contributed by atoms with Crippen LogP contribution in [-0.2, 0) is 9.84 Å². The largest absolute Gasteiger partial charge is 0.317 e. The van der Waals surface area contributed by atoms with Crippen LogP contribution in [0.5, 0.6) is 0 Å². The van der Waals surface area contributed by atoms with Gasteiger partial charge in [0.15, 0.2) is 9.84 Å². The van der Waals surface area contributed by atoms with Gasteiger partial charge in [-0.25, -0.2) is 8.42 Å². The van der Waals surface area contributed by atoms with Crippen molar-refractivity contribution in [3.05, 3.63) is 0 Å². The van der Waals surface area contributed by atoms with Gasteiger partial charge in [0.2, 0.25) is 0 Å². The maximum Gasteiger partial charge on any atom is 0.151 e. The second-order valence-electron chi connectivity index (χ2n) is 5.51. The summed E-state index contributed by atoms with van der Waals surface area (Å²) in [5.41, 5.74) is 0. The first-order valence-corrected chi connectivity index (χ1v) is 8.47. The highest BCUT2D eigenvalue weighted by Crippen LogP contribution is 2.25. The Kier molecular flexibility index (Phi) is 4.10. The van der Waals surface area contributed by atoms with E-state index in [1.807, 2.05) is 7.05 Å². The molecular formula is C12H24N2O2S. The molecule has 2 heterocycles. The Bertz CT molecular complexity index is 356. The van der Waals surface area contributed by atoms with Gasteiger partial charge in [0.1, 0.15) is 0 Å². The van der Waals surface area contributed by atoms with Gasteiger partial charge in [0, 0.05) is 24.7 Å². The summed E-state index contributed by atoms with van der Waals surface area (Å²) in [5, 5.41) is 3.33. The highest BCUT2D eigenvalue weighted by molar-refractivity contribution is 7.91. The second-order valence-corrected chi connectivity index (χ2v) is 7.74. The minimum absolute atomic E-state index is 0.265. The quantitative estimate of drug-likeness (QED) is 0.791. The molecule has 0 amide bonds. The van der Waals surface area contributed by atoms with Crippen LogP contribution in [0.2, 0.25) is 0 Å². The summed E-state index contributed by atoms with van der Waals surface area (Å²) in [6, 6.07) is 1.36. The van der Waals surface area contributed by atoms with Crippen molar-refractivity contribution in [1.29, 1.82) is 0 Å². The van der Waals surface area contributed by atoms with Crippen molar-refractivity contribution in [3.63, 3.8) is 0 Å². The number of nitrogens with zero attached hydrogens (tertiary/aromatic N) is 1. The number of nitrogens with one attached hydrogen (secondary N) is 1. The maximum atomic E-state index is 11.7. The molecule has 4 nitrogen and oxygen atoms in total. The third kappa shape index (κ3) is 3.20. The molecule has 3 unspecified atom stereocenters. The van der Waals surface area contributed by atoms with E-state index in [1.165, 1.54) is 0 Å². The highest BCUT2D eigenvalue weighted by Gasteiger charge is 2.34. The predicted octanol–water partition coefficient (Wildman–Crippen LogP) is 0.636. The van der Waals surface area contributed by atoms with Crippen LogP contribution in [0.4, 0.5) is 0 Å². The second kappa shape index (κ2) is 5.24. The van der Waals surface area contributed by atoms with Crippen LogP contribution in [0.15, 0.2) is 0 Å². The van der Waals surface area contributed by atoms with Gasteiger partial charge < -0.3 is 5.32 Å². The number of rotatable bonds is 2. The van der Waals surface area contributed by atoms with Crippen LogP contribution < -0.4 is 5.32 Å². The lowest BCUT2D eigenvalue weighted by Gasteiger charge is -2.43. The van der Waals surface area contributed by atoms with Crippen molar-refractivity contribution in [2.75, 3.05) is 25.1 Å². The van der Waals surface area contributed by atoms with E-state index in [2.05, 4.69) is 17.1 Å². The number of likely N-dealkylation sites (tertiary alicyclic amines) is 1. The minimum atomic E-state index is -2.78. The van der Waals surface area contributed by atoms with E-state index in [9.17, 15) is 8.42 Å². The summed E-state index contributed by atoms with van der Waals surface area (Å²) >= 11 is 0. The number of piperidine rings is 1. The molecular weight excluding hydrogens is 236 g/mol. The van der Waals surface area contributed by atoms with Gasteiger partial charge in [-0.1, -0.05) is 0 Å². The van der Waals surface area contributed by atoms with Crippen molar-refractivity contribution in [2.45, 2.75) is 50.7 Å². The molecule has 17 heavy (non-hydrogen) atoms. The Morgan fingerprint density at radius 1 is 1.29 bits per heavy atom. The molecule has 2 aliphatic heterocycles. The zero-order chi connectivity index (χ0) is 12.5. The van der Waals surface area contributed by atoms with Gasteiger partial charge in [0.05, 0.1) is 11.5 Å². The van der Waals surface area contributed by atoms with E-state index in [0.29, 0.717) is 23.6 Å². The Morgan fingerprint density at radius 2 is 2.06 bits per heavy atom. The molecule has 100 valence electrons. The van der Waals surface area contributed by atoms with E-state index in [4.69, 9.17) is 0 Å². The Hall–Kier alpha value is -0.130. The summed E-state index contributed by atoms with van der Waals surface area (Å²) in [5.74, 6) is 0.770. The fourth-order valence-corrected chi connectivity index (χ4v) is 4.97. The van der Waals surface area contributed by atoms with Crippen molar-refractivity contribution in [2.24, 2.45) is 0 Å². The lowest BCUT2D eigenvalue weighted by atomic mass is 9.95. The predicted molar refractivity (Wildman–Crippen MR) is 69.9 cm³/mol. The number of hydrogen-bond acceptors (Lipinski definition) is 4. The molecule has 1 N–H and O–H groups in total. The Balaban J connectivity index is 1.98. The first-order valence-electron chi connectivity index (χ1n) is 6.65. The molecule has 0 spiro atoms. The van der Waals surface area contributed by atoms with Crippen LogP contribution in [0, 0.1) is 0 Å². The van der Waals surface area contributed by atoms with Gasteiger partial charge in [0.25, 0.3) is 0 Å². The number of hydrogen-bond donors (Lipinski definition) is 1.